The molecule has 1 unspecified atom stereocenters. The highest BCUT2D eigenvalue weighted by Crippen LogP contribution is 2.16. The summed E-state index contributed by atoms with van der Waals surface area (Å²) in [6.45, 7) is 7.98. The van der Waals surface area contributed by atoms with Gasteiger partial charge in [-0.3, -0.25) is 4.98 Å². The van der Waals surface area contributed by atoms with E-state index in [-0.39, 0.29) is 30.1 Å². The minimum atomic E-state index is -0.0119. The summed E-state index contributed by atoms with van der Waals surface area (Å²) in [7, 11) is 0. The van der Waals surface area contributed by atoms with Crippen LogP contribution in [0.4, 0.5) is 0 Å². The maximum absolute atomic E-state index is 5.88. The lowest BCUT2D eigenvalue weighted by Crippen LogP contribution is -2.41. The molecular weight excluding hydrogens is 463 g/mol. The molecular formula is C19H26ClIN4O. The van der Waals surface area contributed by atoms with Gasteiger partial charge in [0, 0.05) is 17.3 Å². The predicted octanol–water partition coefficient (Wildman–Crippen LogP) is 4.18. The Morgan fingerprint density at radius 2 is 1.92 bits per heavy atom. The zero-order valence-corrected chi connectivity index (χ0v) is 18.4. The van der Waals surface area contributed by atoms with Gasteiger partial charge in [-0.05, 0) is 57.2 Å². The van der Waals surface area contributed by atoms with Gasteiger partial charge < -0.3 is 15.4 Å². The molecule has 1 aromatic carbocycles. The lowest BCUT2D eigenvalue weighted by molar-refractivity contribution is 0.224. The first-order valence-electron chi connectivity index (χ1n) is 8.43. The van der Waals surface area contributed by atoms with Crippen molar-refractivity contribution in [2.24, 2.45) is 4.99 Å². The van der Waals surface area contributed by atoms with E-state index in [1.165, 1.54) is 0 Å². The largest absolute Gasteiger partial charge is 0.489 e. The summed E-state index contributed by atoms with van der Waals surface area (Å²) in [4.78, 5) is 9.04. The van der Waals surface area contributed by atoms with Crippen molar-refractivity contribution < 1.29 is 4.74 Å². The Labute approximate surface area is 177 Å². The van der Waals surface area contributed by atoms with Crippen molar-refractivity contribution in [2.75, 3.05) is 13.1 Å². The molecule has 0 saturated heterocycles. The van der Waals surface area contributed by atoms with E-state index in [1.54, 1.807) is 0 Å². The quantitative estimate of drug-likeness (QED) is 0.349. The van der Waals surface area contributed by atoms with Gasteiger partial charge in [0.2, 0.25) is 0 Å². The van der Waals surface area contributed by atoms with Crippen molar-refractivity contribution in [1.29, 1.82) is 0 Å². The van der Waals surface area contributed by atoms with Crippen molar-refractivity contribution >= 4 is 41.5 Å². The van der Waals surface area contributed by atoms with Crippen LogP contribution in [0.15, 0.2) is 47.5 Å². The fraction of sp³-hybridized carbons (Fsp3) is 0.368. The van der Waals surface area contributed by atoms with E-state index in [0.717, 1.165) is 29.6 Å². The van der Waals surface area contributed by atoms with E-state index < -0.39 is 0 Å². The third-order valence-corrected chi connectivity index (χ3v) is 3.65. The average molecular weight is 489 g/mol. The maximum Gasteiger partial charge on any atom is 0.191 e. The van der Waals surface area contributed by atoms with Crippen LogP contribution in [-0.4, -0.2) is 30.1 Å². The lowest BCUT2D eigenvalue weighted by Gasteiger charge is -2.17. The molecule has 0 aliphatic heterocycles. The van der Waals surface area contributed by atoms with Crippen molar-refractivity contribution in [1.82, 2.24) is 15.6 Å². The first-order valence-corrected chi connectivity index (χ1v) is 8.81. The van der Waals surface area contributed by atoms with Gasteiger partial charge in [-0.25, -0.2) is 4.99 Å². The normalized spacial score (nSPS) is 12.1. The molecule has 26 heavy (non-hydrogen) atoms. The fourth-order valence-electron chi connectivity index (χ4n) is 2.22. The highest BCUT2D eigenvalue weighted by atomic mass is 127. The number of hydrogen-bond acceptors (Lipinski definition) is 3. The number of halogens is 2. The summed E-state index contributed by atoms with van der Waals surface area (Å²) < 4.78 is 5.86. The molecule has 5 nitrogen and oxygen atoms in total. The second-order valence-electron chi connectivity index (χ2n) is 5.73. The first-order chi connectivity index (χ1) is 12.1. The number of benzene rings is 1. The zero-order valence-electron chi connectivity index (χ0n) is 15.3. The van der Waals surface area contributed by atoms with Gasteiger partial charge in [0.05, 0.1) is 18.8 Å². The average Bonchev–Trinajstić information content (AvgIpc) is 2.59. The molecule has 1 heterocycles. The van der Waals surface area contributed by atoms with E-state index in [1.807, 2.05) is 63.2 Å². The maximum atomic E-state index is 5.88. The molecule has 0 bridgehead atoms. The minimum absolute atomic E-state index is 0. The molecule has 1 aromatic heterocycles. The van der Waals surface area contributed by atoms with Gasteiger partial charge in [-0.2, -0.15) is 0 Å². The molecule has 0 aliphatic rings. The van der Waals surface area contributed by atoms with Gasteiger partial charge >= 0.3 is 0 Å². The minimum Gasteiger partial charge on any atom is -0.489 e. The Kier molecular flexibility index (Phi) is 10.3. The SMILES string of the molecule is CCNC(=NCc1cccc(C)n1)NCC(C)Oc1ccc(Cl)cc1.I. The van der Waals surface area contributed by atoms with Crippen LogP contribution in [0.5, 0.6) is 5.75 Å². The van der Waals surface area contributed by atoms with E-state index >= 15 is 0 Å². The monoisotopic (exact) mass is 488 g/mol. The summed E-state index contributed by atoms with van der Waals surface area (Å²) in [6, 6.07) is 13.3. The highest BCUT2D eigenvalue weighted by molar-refractivity contribution is 14.0. The number of rotatable bonds is 7. The second kappa shape index (κ2) is 12.0. The van der Waals surface area contributed by atoms with Crippen molar-refractivity contribution in [2.45, 2.75) is 33.4 Å². The number of nitrogens with zero attached hydrogens (tertiary/aromatic N) is 2. The number of pyridine rings is 1. The molecule has 7 heteroatoms. The summed E-state index contributed by atoms with van der Waals surface area (Å²) in [5, 5.41) is 7.23. The van der Waals surface area contributed by atoms with Crippen LogP contribution >= 0.6 is 35.6 Å². The van der Waals surface area contributed by atoms with Gasteiger partial charge in [0.1, 0.15) is 11.9 Å². The Morgan fingerprint density at radius 1 is 1.19 bits per heavy atom. The zero-order chi connectivity index (χ0) is 18.1. The Morgan fingerprint density at radius 3 is 2.58 bits per heavy atom. The van der Waals surface area contributed by atoms with E-state index in [2.05, 4.69) is 20.6 Å². The molecule has 0 spiro atoms. The summed E-state index contributed by atoms with van der Waals surface area (Å²) in [5.74, 6) is 1.54. The molecule has 0 radical (unpaired) electrons. The number of nitrogens with one attached hydrogen (secondary N) is 2. The predicted molar refractivity (Wildman–Crippen MR) is 119 cm³/mol. The molecule has 0 amide bonds. The van der Waals surface area contributed by atoms with Crippen LogP contribution < -0.4 is 15.4 Å². The lowest BCUT2D eigenvalue weighted by atomic mass is 10.3. The van der Waals surface area contributed by atoms with Crippen LogP contribution in [0.1, 0.15) is 25.2 Å². The number of aliphatic imine (C=N–C) groups is 1. The highest BCUT2D eigenvalue weighted by Gasteiger charge is 2.06. The summed E-state index contributed by atoms with van der Waals surface area (Å²) in [5.41, 5.74) is 1.94. The third-order valence-electron chi connectivity index (χ3n) is 3.40. The number of aryl methyl sites for hydroxylation is 1. The van der Waals surface area contributed by atoms with E-state index in [4.69, 9.17) is 16.3 Å². The fourth-order valence-corrected chi connectivity index (χ4v) is 2.34. The van der Waals surface area contributed by atoms with Gasteiger partial charge in [-0.15, -0.1) is 24.0 Å². The molecule has 142 valence electrons. The van der Waals surface area contributed by atoms with Crippen LogP contribution in [0.2, 0.25) is 5.02 Å². The second-order valence-corrected chi connectivity index (χ2v) is 6.17. The van der Waals surface area contributed by atoms with E-state index in [9.17, 15) is 0 Å². The number of hydrogen-bond donors (Lipinski definition) is 2. The van der Waals surface area contributed by atoms with Gasteiger partial charge in [0.25, 0.3) is 0 Å². The summed E-state index contributed by atoms with van der Waals surface area (Å²) >= 11 is 5.88. The topological polar surface area (TPSA) is 58.5 Å². The Bertz CT molecular complexity index is 694. The van der Waals surface area contributed by atoms with Crippen LogP contribution in [0.25, 0.3) is 0 Å². The molecule has 1 atom stereocenters. The van der Waals surface area contributed by atoms with Crippen LogP contribution in [0, 0.1) is 6.92 Å². The number of ether oxygens (including phenoxy) is 1. The van der Waals surface area contributed by atoms with Gasteiger partial charge in [-0.1, -0.05) is 17.7 Å². The third kappa shape index (κ3) is 8.23. The number of aromatic nitrogens is 1. The Hall–Kier alpha value is -1.54. The van der Waals surface area contributed by atoms with Crippen molar-refractivity contribution in [3.8, 4) is 5.75 Å². The number of guanidine groups is 1. The molecule has 2 rings (SSSR count). The molecule has 2 N–H and O–H groups in total. The van der Waals surface area contributed by atoms with Crippen LogP contribution in [0.3, 0.4) is 0 Å². The molecule has 0 saturated carbocycles. The van der Waals surface area contributed by atoms with Crippen LogP contribution in [-0.2, 0) is 6.54 Å². The molecule has 0 fully saturated rings. The molecule has 2 aromatic rings. The van der Waals surface area contributed by atoms with Crippen molar-refractivity contribution in [3.05, 3.63) is 58.9 Å². The molecule has 0 aliphatic carbocycles. The van der Waals surface area contributed by atoms with E-state index in [0.29, 0.717) is 18.1 Å². The first kappa shape index (κ1) is 22.5. The summed E-state index contributed by atoms with van der Waals surface area (Å²) in [6.07, 6.45) is -0.0119. The Balaban J connectivity index is 0.00000338. The van der Waals surface area contributed by atoms with Crippen molar-refractivity contribution in [3.63, 3.8) is 0 Å². The smallest absolute Gasteiger partial charge is 0.191 e. The standard InChI is InChI=1S/C19H25ClN4O.HI/c1-4-21-19(23-13-17-7-5-6-14(2)24-17)22-12-15(3)25-18-10-8-16(20)9-11-18;/h5-11,15H,4,12-13H2,1-3H3,(H2,21,22,23);1H. The van der Waals surface area contributed by atoms with Gasteiger partial charge in [0.15, 0.2) is 5.96 Å².